The van der Waals surface area contributed by atoms with Crippen LogP contribution in [0.2, 0.25) is 0 Å². The lowest BCUT2D eigenvalue weighted by Crippen LogP contribution is -2.32. The van der Waals surface area contributed by atoms with Crippen molar-refractivity contribution in [1.29, 1.82) is 0 Å². The first-order valence-corrected chi connectivity index (χ1v) is 6.25. The van der Waals surface area contributed by atoms with Crippen LogP contribution in [0.3, 0.4) is 0 Å². The number of hydrogen-bond donors (Lipinski definition) is 1. The number of nitrogens with one attached hydrogen (secondary N) is 1. The molecule has 0 aliphatic carbocycles. The number of sulfonamides is 1. The Hall–Kier alpha value is -0.340. The van der Waals surface area contributed by atoms with Crippen LogP contribution in [0.15, 0.2) is 0 Å². The van der Waals surface area contributed by atoms with Gasteiger partial charge in [0.2, 0.25) is 10.0 Å². The molecule has 0 saturated heterocycles. The van der Waals surface area contributed by atoms with Gasteiger partial charge in [-0.2, -0.15) is 13.2 Å². The highest BCUT2D eigenvalue weighted by atomic mass is 32.2. The smallest absolute Gasteiger partial charge is 0.278 e. The molecule has 16 heavy (non-hydrogen) atoms. The van der Waals surface area contributed by atoms with Crippen LogP contribution in [0, 0.1) is 5.41 Å². The van der Waals surface area contributed by atoms with E-state index in [1.54, 1.807) is 0 Å². The molecule has 0 atom stereocenters. The third-order valence-corrected chi connectivity index (χ3v) is 2.66. The molecule has 0 unspecified atom stereocenters. The molecule has 0 amide bonds. The molecule has 0 saturated carbocycles. The fourth-order valence-electron chi connectivity index (χ4n) is 0.683. The fraction of sp³-hybridized carbons (Fsp3) is 1.00. The van der Waals surface area contributed by atoms with Gasteiger partial charge in [0.25, 0.3) is 0 Å². The molecule has 1 N–H and O–H groups in total. The predicted molar refractivity (Wildman–Crippen MR) is 53.0 cm³/mol. The van der Waals surface area contributed by atoms with Crippen molar-refractivity contribution in [2.45, 2.75) is 33.4 Å². The lowest BCUT2D eigenvalue weighted by atomic mass is 9.94. The minimum absolute atomic E-state index is 0.210. The van der Waals surface area contributed by atoms with Gasteiger partial charge in [0.05, 0.1) is 5.75 Å². The molecule has 8 heteroatoms. The third-order valence-electron chi connectivity index (χ3n) is 1.54. The van der Waals surface area contributed by atoms with Crippen LogP contribution in [0.4, 0.5) is 13.2 Å². The Morgan fingerprint density at radius 3 is 2.06 bits per heavy atom. The lowest BCUT2D eigenvalue weighted by molar-refractivity contribution is -0.181. The van der Waals surface area contributed by atoms with E-state index in [0.717, 1.165) is 0 Å². The average Bonchev–Trinajstić information content (AvgIpc) is 1.97. The van der Waals surface area contributed by atoms with E-state index in [0.29, 0.717) is 6.42 Å². The highest BCUT2D eigenvalue weighted by Gasteiger charge is 2.29. The maximum absolute atomic E-state index is 11.6. The zero-order chi connectivity index (χ0) is 13.0. The predicted octanol–water partition coefficient (Wildman–Crippen LogP) is 1.84. The highest BCUT2D eigenvalue weighted by molar-refractivity contribution is 7.89. The summed E-state index contributed by atoms with van der Waals surface area (Å²) in [6, 6.07) is 0. The van der Waals surface area contributed by atoms with E-state index in [9.17, 15) is 21.6 Å². The zero-order valence-electron chi connectivity index (χ0n) is 9.39. The topological polar surface area (TPSA) is 55.4 Å². The van der Waals surface area contributed by atoms with Crippen molar-refractivity contribution in [1.82, 2.24) is 4.89 Å². The van der Waals surface area contributed by atoms with Gasteiger partial charge in [-0.05, 0) is 11.8 Å². The molecule has 0 aromatic rings. The maximum Gasteiger partial charge on any atom is 0.413 e. The van der Waals surface area contributed by atoms with Crippen LogP contribution >= 0.6 is 0 Å². The molecule has 0 radical (unpaired) electrons. The van der Waals surface area contributed by atoms with Crippen molar-refractivity contribution in [2.75, 3.05) is 12.4 Å². The van der Waals surface area contributed by atoms with Gasteiger partial charge in [0, 0.05) is 0 Å². The second kappa shape index (κ2) is 5.33. The van der Waals surface area contributed by atoms with Crippen LogP contribution in [-0.2, 0) is 14.9 Å². The van der Waals surface area contributed by atoms with Crippen molar-refractivity contribution in [3.63, 3.8) is 0 Å². The molecule has 0 aliphatic heterocycles. The molecular weight excluding hydrogens is 247 g/mol. The van der Waals surface area contributed by atoms with Crippen molar-refractivity contribution in [2.24, 2.45) is 5.41 Å². The van der Waals surface area contributed by atoms with Gasteiger partial charge in [-0.1, -0.05) is 25.7 Å². The van der Waals surface area contributed by atoms with Gasteiger partial charge in [-0.15, -0.1) is 0 Å². The molecule has 0 fully saturated rings. The van der Waals surface area contributed by atoms with Crippen LogP contribution < -0.4 is 4.89 Å². The molecule has 98 valence electrons. The quantitative estimate of drug-likeness (QED) is 0.770. The number of hydrogen-bond acceptors (Lipinski definition) is 3. The second-order valence-corrected chi connectivity index (χ2v) is 6.42. The monoisotopic (exact) mass is 263 g/mol. The van der Waals surface area contributed by atoms with Crippen LogP contribution in [0.25, 0.3) is 0 Å². The number of alkyl halides is 3. The van der Waals surface area contributed by atoms with Crippen molar-refractivity contribution < 1.29 is 26.4 Å². The molecule has 4 nitrogen and oxygen atoms in total. The molecule has 0 bridgehead atoms. The summed E-state index contributed by atoms with van der Waals surface area (Å²) >= 11 is 0. The lowest BCUT2D eigenvalue weighted by Gasteiger charge is -2.17. The summed E-state index contributed by atoms with van der Waals surface area (Å²) in [4.78, 5) is 5.31. The van der Waals surface area contributed by atoms with Crippen LogP contribution in [-0.4, -0.2) is 27.0 Å². The molecular formula is C8H16F3NO3S. The van der Waals surface area contributed by atoms with E-state index in [2.05, 4.69) is 4.84 Å². The second-order valence-electron chi connectivity index (χ2n) is 4.62. The SMILES string of the molecule is CC(C)(C)CCS(=O)(=O)NOCC(F)(F)F. The van der Waals surface area contributed by atoms with Crippen molar-refractivity contribution in [3.8, 4) is 0 Å². The molecule has 0 aromatic heterocycles. The van der Waals surface area contributed by atoms with E-state index in [1.165, 1.54) is 4.89 Å². The van der Waals surface area contributed by atoms with Crippen LogP contribution in [0.5, 0.6) is 0 Å². The molecule has 0 aliphatic rings. The minimum Gasteiger partial charge on any atom is -0.278 e. The summed E-state index contributed by atoms with van der Waals surface area (Å²) in [7, 11) is -3.81. The first kappa shape index (κ1) is 15.7. The summed E-state index contributed by atoms with van der Waals surface area (Å²) in [5.41, 5.74) is -0.210. The average molecular weight is 263 g/mol. The summed E-state index contributed by atoms with van der Waals surface area (Å²) < 4.78 is 57.3. The summed E-state index contributed by atoms with van der Waals surface area (Å²) in [5, 5.41) is 0. The van der Waals surface area contributed by atoms with E-state index in [-0.39, 0.29) is 11.2 Å². The van der Waals surface area contributed by atoms with E-state index in [4.69, 9.17) is 0 Å². The molecule has 0 heterocycles. The Kier molecular flexibility index (Phi) is 5.21. The molecule has 0 rings (SSSR count). The Labute approximate surface area is 93.2 Å². The first-order chi connectivity index (χ1) is 6.91. The zero-order valence-corrected chi connectivity index (χ0v) is 10.2. The highest BCUT2D eigenvalue weighted by Crippen LogP contribution is 2.19. The van der Waals surface area contributed by atoms with Gasteiger partial charge in [-0.3, -0.25) is 4.84 Å². The Morgan fingerprint density at radius 1 is 1.19 bits per heavy atom. The number of rotatable bonds is 5. The summed E-state index contributed by atoms with van der Waals surface area (Å²) in [6.45, 7) is 3.86. The molecule has 0 spiro atoms. The standard InChI is InChI=1S/C8H16F3NO3S/c1-7(2,3)4-5-16(13,14)12-15-6-8(9,10)11/h12H,4-6H2,1-3H3. The van der Waals surface area contributed by atoms with Gasteiger partial charge < -0.3 is 0 Å². The first-order valence-electron chi connectivity index (χ1n) is 4.59. The van der Waals surface area contributed by atoms with Crippen molar-refractivity contribution in [3.05, 3.63) is 0 Å². The van der Waals surface area contributed by atoms with Gasteiger partial charge in [0.15, 0.2) is 6.61 Å². The maximum atomic E-state index is 11.6. The van der Waals surface area contributed by atoms with Gasteiger partial charge in [0.1, 0.15) is 0 Å². The Bertz CT molecular complexity index is 305. The summed E-state index contributed by atoms with van der Waals surface area (Å²) in [6.07, 6.45) is -4.22. The van der Waals surface area contributed by atoms with E-state index < -0.39 is 22.8 Å². The molecule has 0 aromatic carbocycles. The largest absolute Gasteiger partial charge is 0.413 e. The summed E-state index contributed by atoms with van der Waals surface area (Å²) in [5.74, 6) is -0.269. The number of halogens is 3. The minimum atomic E-state index is -4.55. The van der Waals surface area contributed by atoms with E-state index in [1.807, 2.05) is 20.8 Å². The fourth-order valence-corrected chi connectivity index (χ4v) is 1.89. The third kappa shape index (κ3) is 10.2. The van der Waals surface area contributed by atoms with Gasteiger partial charge in [-0.25, -0.2) is 8.42 Å². The van der Waals surface area contributed by atoms with Crippen LogP contribution in [0.1, 0.15) is 27.2 Å². The van der Waals surface area contributed by atoms with Crippen molar-refractivity contribution >= 4 is 10.0 Å². The van der Waals surface area contributed by atoms with Gasteiger partial charge >= 0.3 is 6.18 Å². The Morgan fingerprint density at radius 2 is 1.69 bits per heavy atom. The Balaban J connectivity index is 3.99. The normalized spacial score (nSPS) is 14.1. The van der Waals surface area contributed by atoms with E-state index >= 15 is 0 Å².